The molecule has 1 aromatic carbocycles. The van der Waals surface area contributed by atoms with Crippen molar-refractivity contribution in [2.45, 2.75) is 12.6 Å². The Morgan fingerprint density at radius 2 is 2.06 bits per heavy atom. The Balaban J connectivity index is 2.25. The van der Waals surface area contributed by atoms with E-state index in [4.69, 9.17) is 0 Å². The van der Waals surface area contributed by atoms with Crippen LogP contribution in [0.2, 0.25) is 0 Å². The van der Waals surface area contributed by atoms with Crippen molar-refractivity contribution < 1.29 is 18.0 Å². The van der Waals surface area contributed by atoms with Crippen LogP contribution in [-0.2, 0) is 6.18 Å². The topological polar surface area (TPSA) is 20.3 Å². The number of likely N-dealkylation sites (tertiary alicyclic amines) is 1. The fourth-order valence-corrected chi connectivity index (χ4v) is 1.47. The van der Waals surface area contributed by atoms with E-state index < -0.39 is 11.7 Å². The van der Waals surface area contributed by atoms with Gasteiger partial charge in [-0.25, -0.2) is 0 Å². The average Bonchev–Trinajstić information content (AvgIpc) is 2.14. The van der Waals surface area contributed by atoms with E-state index in [9.17, 15) is 18.0 Å². The Morgan fingerprint density at radius 1 is 1.38 bits per heavy atom. The molecule has 5 heteroatoms. The summed E-state index contributed by atoms with van der Waals surface area (Å²) in [5, 5.41) is 0. The SMILES string of the molecule is O=C(c1cc[c]c(C(F)(F)F)c1)N1CCC1. The molecule has 1 heterocycles. The van der Waals surface area contributed by atoms with Crippen LogP contribution in [0.1, 0.15) is 22.3 Å². The van der Waals surface area contributed by atoms with Crippen molar-refractivity contribution in [3.63, 3.8) is 0 Å². The molecule has 85 valence electrons. The smallest absolute Gasteiger partial charge is 0.339 e. The summed E-state index contributed by atoms with van der Waals surface area (Å²) in [5.74, 6) is -0.342. The molecule has 2 nitrogen and oxygen atoms in total. The third-order valence-electron chi connectivity index (χ3n) is 2.50. The number of carbonyl (C=O) groups excluding carboxylic acids is 1. The van der Waals surface area contributed by atoms with Gasteiger partial charge in [0.05, 0.1) is 5.56 Å². The summed E-state index contributed by atoms with van der Waals surface area (Å²) in [6.45, 7) is 1.25. The van der Waals surface area contributed by atoms with Crippen molar-refractivity contribution in [3.05, 3.63) is 35.4 Å². The Kier molecular flexibility index (Phi) is 2.61. The van der Waals surface area contributed by atoms with Crippen LogP contribution in [0.4, 0.5) is 13.2 Å². The predicted octanol–water partition coefficient (Wildman–Crippen LogP) is 2.35. The summed E-state index contributed by atoms with van der Waals surface area (Å²) in [5.41, 5.74) is -0.829. The zero-order valence-corrected chi connectivity index (χ0v) is 8.34. The Hall–Kier alpha value is -1.52. The number of hydrogen-bond donors (Lipinski definition) is 0. The molecule has 0 bridgehead atoms. The summed E-state index contributed by atoms with van der Waals surface area (Å²) in [7, 11) is 0. The van der Waals surface area contributed by atoms with Crippen molar-refractivity contribution in [2.24, 2.45) is 0 Å². The van der Waals surface area contributed by atoms with Crippen LogP contribution in [0.5, 0.6) is 0 Å². The maximum Gasteiger partial charge on any atom is 0.417 e. The van der Waals surface area contributed by atoms with Gasteiger partial charge in [0.15, 0.2) is 0 Å². The number of rotatable bonds is 1. The second-order valence-electron chi connectivity index (χ2n) is 3.63. The van der Waals surface area contributed by atoms with Gasteiger partial charge in [0.1, 0.15) is 0 Å². The average molecular weight is 228 g/mol. The highest BCUT2D eigenvalue weighted by Gasteiger charge is 2.32. The second-order valence-corrected chi connectivity index (χ2v) is 3.63. The van der Waals surface area contributed by atoms with Crippen LogP contribution in [0.25, 0.3) is 0 Å². The van der Waals surface area contributed by atoms with Crippen LogP contribution < -0.4 is 0 Å². The third kappa shape index (κ3) is 2.03. The van der Waals surface area contributed by atoms with Gasteiger partial charge in [-0.05, 0) is 24.6 Å². The normalized spacial score (nSPS) is 15.8. The molecule has 1 aliphatic heterocycles. The van der Waals surface area contributed by atoms with E-state index in [1.54, 1.807) is 0 Å². The minimum Gasteiger partial charge on any atom is -0.339 e. The molecule has 0 unspecified atom stereocenters. The van der Waals surface area contributed by atoms with Gasteiger partial charge in [-0.1, -0.05) is 6.07 Å². The fourth-order valence-electron chi connectivity index (χ4n) is 1.47. The lowest BCUT2D eigenvalue weighted by molar-refractivity contribution is -0.137. The maximum absolute atomic E-state index is 12.4. The number of halogens is 3. The summed E-state index contributed by atoms with van der Waals surface area (Å²) in [6.07, 6.45) is -3.54. The molecule has 0 spiro atoms. The molecular weight excluding hydrogens is 219 g/mol. The number of alkyl halides is 3. The van der Waals surface area contributed by atoms with E-state index in [0.717, 1.165) is 18.6 Å². The Bertz CT molecular complexity index is 410. The zero-order valence-electron chi connectivity index (χ0n) is 8.34. The van der Waals surface area contributed by atoms with Crippen LogP contribution in [0.3, 0.4) is 0 Å². The molecule has 2 rings (SSSR count). The van der Waals surface area contributed by atoms with Gasteiger partial charge in [-0.15, -0.1) is 0 Å². The van der Waals surface area contributed by atoms with Gasteiger partial charge >= 0.3 is 6.18 Å². The maximum atomic E-state index is 12.4. The third-order valence-corrected chi connectivity index (χ3v) is 2.50. The molecule has 0 N–H and O–H groups in total. The molecule has 1 aliphatic rings. The highest BCUT2D eigenvalue weighted by molar-refractivity contribution is 5.94. The van der Waals surface area contributed by atoms with Crippen molar-refractivity contribution in [1.29, 1.82) is 0 Å². The summed E-state index contributed by atoms with van der Waals surface area (Å²) >= 11 is 0. The highest BCUT2D eigenvalue weighted by atomic mass is 19.4. The van der Waals surface area contributed by atoms with E-state index in [2.05, 4.69) is 6.07 Å². The van der Waals surface area contributed by atoms with Gasteiger partial charge < -0.3 is 4.90 Å². The van der Waals surface area contributed by atoms with Gasteiger partial charge in [0, 0.05) is 18.7 Å². The lowest BCUT2D eigenvalue weighted by atomic mass is 10.1. The fraction of sp³-hybridized carbons (Fsp3) is 0.364. The molecule has 1 amide bonds. The predicted molar refractivity (Wildman–Crippen MR) is 50.8 cm³/mol. The van der Waals surface area contributed by atoms with Crippen molar-refractivity contribution in [1.82, 2.24) is 4.90 Å². The number of benzene rings is 1. The second kappa shape index (κ2) is 3.81. The number of nitrogens with zero attached hydrogens (tertiary/aromatic N) is 1. The van der Waals surface area contributed by atoms with Gasteiger partial charge in [-0.3, -0.25) is 4.79 Å². The number of hydrogen-bond acceptors (Lipinski definition) is 1. The minimum absolute atomic E-state index is 0.0748. The molecule has 1 aromatic rings. The van der Waals surface area contributed by atoms with Gasteiger partial charge in [0.25, 0.3) is 5.91 Å². The quantitative estimate of drug-likeness (QED) is 0.722. The summed E-state index contributed by atoms with van der Waals surface area (Å²) < 4.78 is 37.1. The van der Waals surface area contributed by atoms with Gasteiger partial charge in [0.2, 0.25) is 0 Å². The Morgan fingerprint density at radius 3 is 2.56 bits per heavy atom. The molecule has 0 atom stereocenters. The molecular formula is C11H9F3NO. The first-order valence-electron chi connectivity index (χ1n) is 4.87. The van der Waals surface area contributed by atoms with Crippen LogP contribution in [0.15, 0.2) is 18.2 Å². The van der Waals surface area contributed by atoms with Crippen LogP contribution in [-0.4, -0.2) is 23.9 Å². The monoisotopic (exact) mass is 228 g/mol. The lowest BCUT2D eigenvalue weighted by Crippen LogP contribution is -2.42. The highest BCUT2D eigenvalue weighted by Crippen LogP contribution is 2.29. The molecule has 1 fully saturated rings. The molecule has 0 aliphatic carbocycles. The van der Waals surface area contributed by atoms with E-state index in [1.807, 2.05) is 0 Å². The summed E-state index contributed by atoms with van der Waals surface area (Å²) in [6, 6.07) is 5.42. The zero-order chi connectivity index (χ0) is 11.8. The van der Waals surface area contributed by atoms with Crippen molar-refractivity contribution in [2.75, 3.05) is 13.1 Å². The minimum atomic E-state index is -4.45. The first kappa shape index (κ1) is 11.0. The van der Waals surface area contributed by atoms with E-state index in [0.29, 0.717) is 13.1 Å². The lowest BCUT2D eigenvalue weighted by Gasteiger charge is -2.31. The number of carbonyl (C=O) groups is 1. The Labute approximate surface area is 90.7 Å². The largest absolute Gasteiger partial charge is 0.417 e. The standard InChI is InChI=1S/C11H9F3NO/c12-11(13,14)9-4-1-3-8(7-9)10(16)15-5-2-6-15/h1,3,7H,2,5-6H2. The van der Waals surface area contributed by atoms with Crippen molar-refractivity contribution >= 4 is 5.91 Å². The summed E-state index contributed by atoms with van der Waals surface area (Å²) in [4.78, 5) is 13.2. The van der Waals surface area contributed by atoms with E-state index in [1.165, 1.54) is 11.0 Å². The van der Waals surface area contributed by atoms with Gasteiger partial charge in [-0.2, -0.15) is 13.2 Å². The molecule has 1 radical (unpaired) electrons. The van der Waals surface area contributed by atoms with E-state index >= 15 is 0 Å². The first-order chi connectivity index (χ1) is 7.48. The molecule has 16 heavy (non-hydrogen) atoms. The van der Waals surface area contributed by atoms with E-state index in [-0.39, 0.29) is 11.5 Å². The molecule has 1 saturated heterocycles. The first-order valence-corrected chi connectivity index (χ1v) is 4.87. The molecule has 0 aromatic heterocycles. The number of amides is 1. The molecule has 0 saturated carbocycles. The van der Waals surface area contributed by atoms with Crippen LogP contribution >= 0.6 is 0 Å². The van der Waals surface area contributed by atoms with Crippen molar-refractivity contribution in [3.8, 4) is 0 Å². The van der Waals surface area contributed by atoms with Crippen LogP contribution in [0, 0.1) is 6.07 Å².